The molecule has 10 nitrogen and oxygen atoms in total. The molecular weight excluding hydrogens is 537 g/mol. The van der Waals surface area contributed by atoms with E-state index in [1.165, 1.54) is 12.1 Å². The highest BCUT2D eigenvalue weighted by Crippen LogP contribution is 2.33. The summed E-state index contributed by atoms with van der Waals surface area (Å²) in [6, 6.07) is 8.68. The molecule has 2 amide bonds. The highest BCUT2D eigenvalue weighted by atomic mass is 32.1. The van der Waals surface area contributed by atoms with E-state index < -0.39 is 35.6 Å². The Morgan fingerprint density at radius 2 is 1.79 bits per heavy atom. The van der Waals surface area contributed by atoms with Gasteiger partial charge in [0.1, 0.15) is 10.6 Å². The minimum Gasteiger partial charge on any atom is -0.465 e. The van der Waals surface area contributed by atoms with Gasteiger partial charge in [0.25, 0.3) is 0 Å². The van der Waals surface area contributed by atoms with E-state index >= 15 is 0 Å². The predicted molar refractivity (Wildman–Crippen MR) is 143 cm³/mol. The van der Waals surface area contributed by atoms with E-state index in [9.17, 15) is 27.9 Å². The van der Waals surface area contributed by atoms with Crippen LogP contribution in [0.4, 0.5) is 39.3 Å². The van der Waals surface area contributed by atoms with Gasteiger partial charge in [-0.05, 0) is 63.1 Å². The lowest BCUT2D eigenvalue weighted by atomic mass is 10.0. The summed E-state index contributed by atoms with van der Waals surface area (Å²) in [5.41, 5.74) is 6.58. The lowest BCUT2D eigenvalue weighted by Crippen LogP contribution is -2.48. The number of hydrogen-bond acceptors (Lipinski definition) is 8. The summed E-state index contributed by atoms with van der Waals surface area (Å²) in [6.45, 7) is 4.81. The Labute approximate surface area is 227 Å². The summed E-state index contributed by atoms with van der Waals surface area (Å²) in [4.78, 5) is 25.9. The Morgan fingerprint density at radius 1 is 1.13 bits per heavy atom. The van der Waals surface area contributed by atoms with Crippen molar-refractivity contribution < 1.29 is 32.6 Å². The van der Waals surface area contributed by atoms with Gasteiger partial charge in [-0.1, -0.05) is 23.5 Å². The van der Waals surface area contributed by atoms with Crippen LogP contribution in [-0.2, 0) is 17.3 Å². The third-order valence-electron chi connectivity index (χ3n) is 5.32. The zero-order chi connectivity index (χ0) is 29.0. The molecule has 39 heavy (non-hydrogen) atoms. The number of ether oxygens (including phenoxy) is 1. The Balaban J connectivity index is 1.93. The molecule has 1 atom stereocenters. The second kappa shape index (κ2) is 11.8. The van der Waals surface area contributed by atoms with Crippen molar-refractivity contribution in [2.45, 2.75) is 45.0 Å². The van der Waals surface area contributed by atoms with Crippen molar-refractivity contribution in [1.82, 2.24) is 15.5 Å². The second-order valence-corrected chi connectivity index (χ2v) is 10.5. The van der Waals surface area contributed by atoms with Crippen LogP contribution in [0.1, 0.15) is 31.9 Å². The number of halogens is 3. The fourth-order valence-electron chi connectivity index (χ4n) is 3.57. The summed E-state index contributed by atoms with van der Waals surface area (Å²) < 4.78 is 44.4. The molecule has 0 aliphatic heterocycles. The molecule has 0 bridgehead atoms. The number of rotatable bonds is 8. The quantitative estimate of drug-likeness (QED) is 0.263. The maximum Gasteiger partial charge on any atom is 0.416 e. The maximum atomic E-state index is 13.2. The number of alkyl halides is 3. The number of amides is 2. The van der Waals surface area contributed by atoms with Gasteiger partial charge in [-0.25, -0.2) is 14.5 Å². The van der Waals surface area contributed by atoms with Crippen LogP contribution in [0.3, 0.4) is 0 Å². The molecule has 3 rings (SSSR count). The van der Waals surface area contributed by atoms with Gasteiger partial charge in [0.2, 0.25) is 5.13 Å². The maximum absolute atomic E-state index is 13.2. The molecule has 0 fully saturated rings. The molecule has 0 aliphatic rings. The number of carbonyl (C=O) groups excluding carboxylic acids is 1. The first kappa shape index (κ1) is 29.5. The van der Waals surface area contributed by atoms with Crippen molar-refractivity contribution in [2.75, 3.05) is 29.5 Å². The number of nitrogens with one attached hydrogen (secondary N) is 2. The van der Waals surface area contributed by atoms with E-state index in [0.717, 1.165) is 28.4 Å². The van der Waals surface area contributed by atoms with Gasteiger partial charge >= 0.3 is 18.4 Å². The van der Waals surface area contributed by atoms with Crippen molar-refractivity contribution in [3.8, 4) is 10.6 Å². The molecule has 0 aliphatic carbocycles. The third-order valence-corrected chi connectivity index (χ3v) is 6.32. The van der Waals surface area contributed by atoms with E-state index in [1.54, 1.807) is 46.0 Å². The van der Waals surface area contributed by atoms with E-state index in [1.807, 2.05) is 0 Å². The molecule has 0 radical (unpaired) electrons. The molecule has 5 N–H and O–H groups in total. The SMILES string of the molecule is CNc1cc(-c2nnc(N(C[C@H](Cc3ccc(C(F)(F)F)cc3)NC(=O)O)C(=O)OC(C)(C)C)s2)ccc1N. The van der Waals surface area contributed by atoms with Crippen LogP contribution in [0.5, 0.6) is 0 Å². The summed E-state index contributed by atoms with van der Waals surface area (Å²) >= 11 is 1.08. The largest absolute Gasteiger partial charge is 0.465 e. The lowest BCUT2D eigenvalue weighted by molar-refractivity contribution is -0.137. The predicted octanol–water partition coefficient (Wildman–Crippen LogP) is 5.47. The smallest absolute Gasteiger partial charge is 0.416 e. The normalized spacial score (nSPS) is 12.5. The van der Waals surface area contributed by atoms with Gasteiger partial charge in [0.15, 0.2) is 0 Å². The summed E-state index contributed by atoms with van der Waals surface area (Å²) in [6.07, 6.45) is -6.66. The molecule has 14 heteroatoms. The van der Waals surface area contributed by atoms with E-state index in [2.05, 4.69) is 20.8 Å². The first-order valence-corrected chi connectivity index (χ1v) is 12.5. The van der Waals surface area contributed by atoms with Crippen molar-refractivity contribution in [3.05, 3.63) is 53.6 Å². The number of carboxylic acid groups (broad SMARTS) is 1. The highest BCUT2D eigenvalue weighted by molar-refractivity contribution is 7.18. The zero-order valence-corrected chi connectivity index (χ0v) is 22.5. The second-order valence-electron chi connectivity index (χ2n) is 9.58. The molecule has 1 heterocycles. The van der Waals surface area contributed by atoms with Gasteiger partial charge in [-0.3, -0.25) is 0 Å². The van der Waals surface area contributed by atoms with Crippen molar-refractivity contribution in [1.29, 1.82) is 0 Å². The Hall–Kier alpha value is -4.07. The average Bonchev–Trinajstić information content (AvgIpc) is 3.31. The van der Waals surface area contributed by atoms with Crippen LogP contribution in [0.2, 0.25) is 0 Å². The van der Waals surface area contributed by atoms with Crippen LogP contribution in [-0.4, -0.2) is 52.7 Å². The molecular formula is C25H29F3N6O4S. The first-order valence-electron chi connectivity index (χ1n) is 11.7. The van der Waals surface area contributed by atoms with Gasteiger partial charge in [0.05, 0.1) is 29.5 Å². The fourth-order valence-corrected chi connectivity index (χ4v) is 4.41. The molecule has 0 spiro atoms. The van der Waals surface area contributed by atoms with Gasteiger partial charge < -0.3 is 26.2 Å². The Morgan fingerprint density at radius 3 is 2.36 bits per heavy atom. The molecule has 0 saturated heterocycles. The van der Waals surface area contributed by atoms with Crippen molar-refractivity contribution in [3.63, 3.8) is 0 Å². The van der Waals surface area contributed by atoms with Gasteiger partial charge in [-0.15, -0.1) is 10.2 Å². The number of hydrogen-bond donors (Lipinski definition) is 4. The topological polar surface area (TPSA) is 143 Å². The van der Waals surface area contributed by atoms with Crippen LogP contribution in [0, 0.1) is 0 Å². The van der Waals surface area contributed by atoms with Crippen LogP contribution in [0.25, 0.3) is 10.6 Å². The number of nitrogens with zero attached hydrogens (tertiary/aromatic N) is 3. The van der Waals surface area contributed by atoms with Crippen LogP contribution >= 0.6 is 11.3 Å². The molecule has 2 aromatic carbocycles. The summed E-state index contributed by atoms with van der Waals surface area (Å²) in [7, 11) is 1.72. The number of carbonyl (C=O) groups is 2. The summed E-state index contributed by atoms with van der Waals surface area (Å²) in [5, 5.41) is 23.7. The molecule has 0 saturated carbocycles. The monoisotopic (exact) mass is 566 g/mol. The Bertz CT molecular complexity index is 1310. The molecule has 210 valence electrons. The Kier molecular flexibility index (Phi) is 8.89. The zero-order valence-electron chi connectivity index (χ0n) is 21.7. The number of nitrogens with two attached hydrogens (primary N) is 1. The standard InChI is InChI=1S/C25H29F3N6O4S/c1-24(2,3)38-23(37)34(21-33-32-20(39-21)15-7-10-18(29)19(12-15)30-4)13-17(31-22(35)36)11-14-5-8-16(9-6-14)25(26,27)28/h5-10,12,17,30-31H,11,13,29H2,1-4H3,(H,35,36)/t17-/m0/s1. The number of benzene rings is 2. The van der Waals surface area contributed by atoms with Crippen molar-refractivity contribution >= 4 is 40.0 Å². The number of nitrogen functional groups attached to an aromatic ring is 1. The third kappa shape index (κ3) is 8.21. The lowest BCUT2D eigenvalue weighted by Gasteiger charge is -2.28. The van der Waals surface area contributed by atoms with E-state index in [4.69, 9.17) is 10.5 Å². The first-order chi connectivity index (χ1) is 18.2. The van der Waals surface area contributed by atoms with Crippen LogP contribution < -0.4 is 21.3 Å². The summed E-state index contributed by atoms with van der Waals surface area (Å²) in [5.74, 6) is 0. The highest BCUT2D eigenvalue weighted by Gasteiger charge is 2.31. The van der Waals surface area contributed by atoms with E-state index in [-0.39, 0.29) is 18.1 Å². The number of aromatic nitrogens is 2. The minimum atomic E-state index is -4.50. The van der Waals surface area contributed by atoms with Crippen molar-refractivity contribution in [2.24, 2.45) is 0 Å². The number of anilines is 3. The van der Waals surface area contributed by atoms with E-state index in [0.29, 0.717) is 27.5 Å². The van der Waals surface area contributed by atoms with Crippen LogP contribution in [0.15, 0.2) is 42.5 Å². The molecule has 0 unspecified atom stereocenters. The van der Waals surface area contributed by atoms with Gasteiger partial charge in [-0.2, -0.15) is 13.2 Å². The minimum absolute atomic E-state index is 0.00110. The fraction of sp³-hybridized carbons (Fsp3) is 0.360. The van der Waals surface area contributed by atoms with Gasteiger partial charge in [0, 0.05) is 12.6 Å². The average molecular weight is 567 g/mol. The molecule has 3 aromatic rings. The molecule has 1 aromatic heterocycles.